The van der Waals surface area contributed by atoms with Gasteiger partial charge in [0.25, 0.3) is 0 Å². The highest BCUT2D eigenvalue weighted by Gasteiger charge is 2.20. The van der Waals surface area contributed by atoms with Crippen molar-refractivity contribution in [3.05, 3.63) is 60.3 Å². The summed E-state index contributed by atoms with van der Waals surface area (Å²) in [4.78, 5) is 4.49. The van der Waals surface area contributed by atoms with Crippen LogP contribution in [0.1, 0.15) is 13.3 Å². The van der Waals surface area contributed by atoms with Gasteiger partial charge < -0.3 is 20.6 Å². The van der Waals surface area contributed by atoms with Crippen LogP contribution in [0.3, 0.4) is 0 Å². The summed E-state index contributed by atoms with van der Waals surface area (Å²) in [7, 11) is 0. The molecule has 2 heterocycles. The predicted molar refractivity (Wildman–Crippen MR) is 109 cm³/mol. The lowest BCUT2D eigenvalue weighted by molar-refractivity contribution is 0.317. The van der Waals surface area contributed by atoms with Crippen molar-refractivity contribution in [2.45, 2.75) is 13.3 Å². The summed E-state index contributed by atoms with van der Waals surface area (Å²) in [5, 5.41) is 0.504. The number of benzene rings is 2. The summed E-state index contributed by atoms with van der Waals surface area (Å²) >= 11 is 0. The fourth-order valence-corrected chi connectivity index (χ4v) is 3.17. The fraction of sp³-hybridized carbons (Fsp3) is 0.136. The number of furan rings is 1. The summed E-state index contributed by atoms with van der Waals surface area (Å²) in [5.74, 6) is -1.10. The molecule has 2 aromatic carbocycles. The van der Waals surface area contributed by atoms with Crippen LogP contribution in [-0.2, 0) is 0 Å². The van der Waals surface area contributed by atoms with E-state index in [4.69, 9.17) is 20.6 Å². The lowest BCUT2D eigenvalue weighted by Gasteiger charge is -2.09. The van der Waals surface area contributed by atoms with Crippen molar-refractivity contribution in [1.29, 1.82) is 0 Å². The molecule has 0 saturated carbocycles. The number of pyridine rings is 1. The molecule has 5 nitrogen and oxygen atoms in total. The molecule has 4 rings (SSSR count). The molecule has 0 aliphatic heterocycles. The Morgan fingerprint density at radius 1 is 1.00 bits per heavy atom. The predicted octanol–water partition coefficient (Wildman–Crippen LogP) is 5.39. The maximum absolute atomic E-state index is 13.8. The monoisotopic (exact) mass is 395 g/mol. The minimum atomic E-state index is -0.961. The van der Waals surface area contributed by atoms with Crippen LogP contribution in [0, 0.1) is 11.6 Å². The number of halogens is 2. The number of fused-ring (bicyclic) bond motifs is 1. The van der Waals surface area contributed by atoms with Gasteiger partial charge in [-0.1, -0.05) is 13.0 Å². The van der Waals surface area contributed by atoms with Gasteiger partial charge in [-0.15, -0.1) is 0 Å². The number of nitrogen functional groups attached to an aromatic ring is 2. The second-order valence-electron chi connectivity index (χ2n) is 6.61. The van der Waals surface area contributed by atoms with Gasteiger partial charge in [-0.25, -0.2) is 8.78 Å². The standard InChI is InChI=1S/C22H19F2N3O2/c1-2-9-28-14-6-3-12(4-7-14)20-21-18(19(25)22(26)29-21)15(11-27-20)13-5-8-16(23)17(24)10-13/h3-8,10-11H,2,9,25-26H2,1H3. The van der Waals surface area contributed by atoms with Gasteiger partial charge >= 0.3 is 0 Å². The quantitative estimate of drug-likeness (QED) is 0.473. The third-order valence-corrected chi connectivity index (χ3v) is 4.61. The first-order chi connectivity index (χ1) is 14.0. The van der Waals surface area contributed by atoms with Crippen molar-refractivity contribution in [2.24, 2.45) is 0 Å². The van der Waals surface area contributed by atoms with Gasteiger partial charge in [-0.05, 0) is 48.4 Å². The summed E-state index contributed by atoms with van der Waals surface area (Å²) in [6, 6.07) is 11.0. The van der Waals surface area contributed by atoms with E-state index in [-0.39, 0.29) is 11.6 Å². The Labute approximate surface area is 165 Å². The Kier molecular flexibility index (Phi) is 4.80. The van der Waals surface area contributed by atoms with Gasteiger partial charge in [-0.2, -0.15) is 0 Å². The van der Waals surface area contributed by atoms with Crippen molar-refractivity contribution >= 4 is 22.5 Å². The van der Waals surface area contributed by atoms with Gasteiger partial charge in [0.15, 0.2) is 17.2 Å². The lowest BCUT2D eigenvalue weighted by Crippen LogP contribution is -1.95. The van der Waals surface area contributed by atoms with Crippen LogP contribution in [0.25, 0.3) is 33.4 Å². The summed E-state index contributed by atoms with van der Waals surface area (Å²) in [6.07, 6.45) is 2.47. The van der Waals surface area contributed by atoms with Gasteiger partial charge in [0, 0.05) is 17.3 Å². The Morgan fingerprint density at radius 3 is 2.41 bits per heavy atom. The second kappa shape index (κ2) is 7.43. The van der Waals surface area contributed by atoms with Crippen LogP contribution in [0.2, 0.25) is 0 Å². The molecule has 0 aliphatic rings. The van der Waals surface area contributed by atoms with Gasteiger partial charge in [0.05, 0.1) is 12.0 Å². The molecule has 0 saturated heterocycles. The number of anilines is 2. The zero-order valence-corrected chi connectivity index (χ0v) is 15.7. The molecule has 0 unspecified atom stereocenters. The van der Waals surface area contributed by atoms with Crippen LogP contribution in [-0.4, -0.2) is 11.6 Å². The van der Waals surface area contributed by atoms with Crippen LogP contribution >= 0.6 is 0 Å². The number of nitrogens with zero attached hydrogens (tertiary/aromatic N) is 1. The summed E-state index contributed by atoms with van der Waals surface area (Å²) in [5.41, 5.74) is 14.9. The molecular weight excluding hydrogens is 376 g/mol. The van der Waals surface area contributed by atoms with E-state index in [9.17, 15) is 8.78 Å². The van der Waals surface area contributed by atoms with E-state index in [1.807, 2.05) is 31.2 Å². The molecule has 4 aromatic rings. The topological polar surface area (TPSA) is 87.3 Å². The zero-order valence-electron chi connectivity index (χ0n) is 15.7. The van der Waals surface area contributed by atoms with E-state index in [1.165, 1.54) is 6.07 Å². The highest BCUT2D eigenvalue weighted by atomic mass is 19.2. The van der Waals surface area contributed by atoms with E-state index < -0.39 is 11.6 Å². The highest BCUT2D eigenvalue weighted by Crippen LogP contribution is 2.42. The molecule has 0 amide bonds. The molecule has 0 atom stereocenters. The van der Waals surface area contributed by atoms with Gasteiger partial charge in [0.2, 0.25) is 5.88 Å². The number of hydrogen-bond donors (Lipinski definition) is 2. The van der Waals surface area contributed by atoms with Gasteiger partial charge in [0.1, 0.15) is 17.1 Å². The molecule has 0 spiro atoms. The Morgan fingerprint density at radius 2 is 1.72 bits per heavy atom. The number of rotatable bonds is 5. The van der Waals surface area contributed by atoms with E-state index in [2.05, 4.69) is 4.98 Å². The van der Waals surface area contributed by atoms with Crippen LogP contribution < -0.4 is 16.2 Å². The van der Waals surface area contributed by atoms with Crippen LogP contribution in [0.4, 0.5) is 20.4 Å². The molecule has 7 heteroatoms. The van der Waals surface area contributed by atoms with Crippen molar-refractivity contribution < 1.29 is 17.9 Å². The minimum Gasteiger partial charge on any atom is -0.494 e. The number of nitrogens with two attached hydrogens (primary N) is 2. The maximum atomic E-state index is 13.8. The summed E-state index contributed by atoms with van der Waals surface area (Å²) in [6.45, 7) is 2.67. The van der Waals surface area contributed by atoms with E-state index >= 15 is 0 Å². The first kappa shape index (κ1) is 18.7. The molecule has 0 fully saturated rings. The third-order valence-electron chi connectivity index (χ3n) is 4.61. The molecule has 4 N–H and O–H groups in total. The molecule has 148 valence electrons. The summed E-state index contributed by atoms with van der Waals surface area (Å²) < 4.78 is 38.4. The molecule has 0 bridgehead atoms. The molecule has 2 aromatic heterocycles. The van der Waals surface area contributed by atoms with Crippen molar-refractivity contribution in [3.63, 3.8) is 0 Å². The third kappa shape index (κ3) is 3.35. The van der Waals surface area contributed by atoms with Crippen LogP contribution in [0.5, 0.6) is 5.75 Å². The van der Waals surface area contributed by atoms with Crippen molar-refractivity contribution in [1.82, 2.24) is 4.98 Å². The van der Waals surface area contributed by atoms with Crippen molar-refractivity contribution in [3.8, 4) is 28.1 Å². The zero-order chi connectivity index (χ0) is 20.5. The number of hydrogen-bond acceptors (Lipinski definition) is 5. The SMILES string of the molecule is CCCOc1ccc(-c2ncc(-c3ccc(F)c(F)c3)c3c(N)c(N)oc23)cc1. The first-order valence-electron chi connectivity index (χ1n) is 9.14. The number of aromatic nitrogens is 1. The molecule has 29 heavy (non-hydrogen) atoms. The molecule has 0 aliphatic carbocycles. The largest absolute Gasteiger partial charge is 0.494 e. The Bertz CT molecular complexity index is 1190. The average Bonchev–Trinajstić information content (AvgIpc) is 3.03. The van der Waals surface area contributed by atoms with E-state index in [0.717, 1.165) is 29.9 Å². The van der Waals surface area contributed by atoms with Gasteiger partial charge in [-0.3, -0.25) is 4.98 Å². The second-order valence-corrected chi connectivity index (χ2v) is 6.61. The molecule has 0 radical (unpaired) electrons. The van der Waals surface area contributed by atoms with E-state index in [1.54, 1.807) is 6.20 Å². The van der Waals surface area contributed by atoms with Crippen LogP contribution in [0.15, 0.2) is 53.1 Å². The highest BCUT2D eigenvalue weighted by molar-refractivity contribution is 6.09. The Balaban J connectivity index is 1.85. The maximum Gasteiger partial charge on any atom is 0.215 e. The first-order valence-corrected chi connectivity index (χ1v) is 9.14. The lowest BCUT2D eigenvalue weighted by atomic mass is 10.0. The minimum absolute atomic E-state index is 0.0426. The number of ether oxygens (including phenoxy) is 1. The average molecular weight is 395 g/mol. The van der Waals surface area contributed by atoms with E-state index in [0.29, 0.717) is 34.4 Å². The molecular formula is C22H19F2N3O2. The smallest absolute Gasteiger partial charge is 0.215 e. The normalized spacial score (nSPS) is 11.1. The fourth-order valence-electron chi connectivity index (χ4n) is 3.17. The Hall–Kier alpha value is -3.61. The van der Waals surface area contributed by atoms with Crippen molar-refractivity contribution in [2.75, 3.05) is 18.1 Å².